The van der Waals surface area contributed by atoms with Crippen LogP contribution in [0.3, 0.4) is 0 Å². The zero-order valence-electron chi connectivity index (χ0n) is 9.21. The summed E-state index contributed by atoms with van der Waals surface area (Å²) < 4.78 is 28.1. The molecule has 1 unspecified atom stereocenters. The Morgan fingerprint density at radius 2 is 1.88 bits per heavy atom. The minimum atomic E-state index is -3.83. The molecule has 0 aromatic heterocycles. The molecule has 0 fully saturated rings. The minimum absolute atomic E-state index is 0.0680. The lowest BCUT2D eigenvalue weighted by atomic mass is 10.2. The summed E-state index contributed by atoms with van der Waals surface area (Å²) in [6.07, 6.45) is -0.0911. The van der Waals surface area contributed by atoms with Gasteiger partial charge in [0.05, 0.1) is 4.90 Å². The number of aldehydes is 1. The van der Waals surface area contributed by atoms with E-state index in [0.29, 0.717) is 12.7 Å². The van der Waals surface area contributed by atoms with E-state index in [2.05, 4.69) is 0 Å². The molecule has 0 saturated heterocycles. The van der Waals surface area contributed by atoms with Crippen molar-refractivity contribution in [3.63, 3.8) is 0 Å². The summed E-state index contributed by atoms with van der Waals surface area (Å²) in [5, 5.41) is 0. The normalized spacial score (nSPS) is 13.4. The van der Waals surface area contributed by atoms with Crippen LogP contribution in [0.4, 0.5) is 0 Å². The Bertz CT molecular complexity index is 447. The SMILES string of the molecule is CCC(C=O)OS(=O)(=O)c1ccc(C)cc1. The third-order valence-corrected chi connectivity index (χ3v) is 3.46. The number of rotatable bonds is 5. The maximum atomic E-state index is 11.7. The van der Waals surface area contributed by atoms with Crippen molar-refractivity contribution in [2.24, 2.45) is 0 Å². The summed E-state index contributed by atoms with van der Waals surface area (Å²) >= 11 is 0. The van der Waals surface area contributed by atoms with Crippen molar-refractivity contribution in [2.45, 2.75) is 31.3 Å². The van der Waals surface area contributed by atoms with Gasteiger partial charge in [-0.3, -0.25) is 4.18 Å². The van der Waals surface area contributed by atoms with E-state index in [1.54, 1.807) is 19.1 Å². The molecule has 1 rings (SSSR count). The Morgan fingerprint density at radius 1 is 1.31 bits per heavy atom. The standard InChI is InChI=1S/C11H14O4S/c1-3-10(8-12)15-16(13,14)11-6-4-9(2)5-7-11/h4-8,10H,3H2,1-2H3. The molecule has 4 nitrogen and oxygen atoms in total. The van der Waals surface area contributed by atoms with Crippen LogP contribution >= 0.6 is 0 Å². The second-order valence-electron chi connectivity index (χ2n) is 3.45. The fourth-order valence-electron chi connectivity index (χ4n) is 1.11. The van der Waals surface area contributed by atoms with E-state index in [1.807, 2.05) is 6.92 Å². The van der Waals surface area contributed by atoms with Gasteiger partial charge in [-0.15, -0.1) is 0 Å². The first-order valence-electron chi connectivity index (χ1n) is 4.95. The maximum absolute atomic E-state index is 11.7. The smallest absolute Gasteiger partial charge is 0.297 e. The van der Waals surface area contributed by atoms with E-state index in [1.165, 1.54) is 12.1 Å². The molecule has 0 heterocycles. The summed E-state index contributed by atoms with van der Waals surface area (Å²) in [4.78, 5) is 10.6. The summed E-state index contributed by atoms with van der Waals surface area (Å²) in [5.41, 5.74) is 0.960. The lowest BCUT2D eigenvalue weighted by molar-refractivity contribution is -0.113. The Morgan fingerprint density at radius 3 is 2.31 bits per heavy atom. The van der Waals surface area contributed by atoms with Crippen LogP contribution in [0.2, 0.25) is 0 Å². The number of hydrogen-bond acceptors (Lipinski definition) is 4. The first kappa shape index (κ1) is 12.9. The quantitative estimate of drug-likeness (QED) is 0.582. The summed E-state index contributed by atoms with van der Waals surface area (Å²) in [5.74, 6) is 0. The van der Waals surface area contributed by atoms with Crippen molar-refractivity contribution in [1.82, 2.24) is 0 Å². The average Bonchev–Trinajstić information content (AvgIpc) is 2.26. The summed E-state index contributed by atoms with van der Waals surface area (Å²) in [7, 11) is -3.83. The van der Waals surface area contributed by atoms with Gasteiger partial charge in [0.2, 0.25) is 0 Å². The largest absolute Gasteiger partial charge is 0.300 e. The van der Waals surface area contributed by atoms with Gasteiger partial charge in [-0.05, 0) is 25.5 Å². The molecule has 0 saturated carbocycles. The highest BCUT2D eigenvalue weighted by Gasteiger charge is 2.19. The molecule has 1 aromatic rings. The molecule has 0 aliphatic rings. The third-order valence-electron chi connectivity index (χ3n) is 2.11. The number of benzene rings is 1. The fraction of sp³-hybridized carbons (Fsp3) is 0.364. The zero-order chi connectivity index (χ0) is 12.2. The number of carbonyl (C=O) groups is 1. The fourth-order valence-corrected chi connectivity index (χ4v) is 2.20. The lowest BCUT2D eigenvalue weighted by Crippen LogP contribution is -2.19. The molecule has 0 N–H and O–H groups in total. The van der Waals surface area contributed by atoms with Gasteiger partial charge in [-0.25, -0.2) is 0 Å². The highest BCUT2D eigenvalue weighted by molar-refractivity contribution is 7.86. The molecule has 5 heteroatoms. The monoisotopic (exact) mass is 242 g/mol. The Labute approximate surface area is 95.4 Å². The number of hydrogen-bond donors (Lipinski definition) is 0. The van der Waals surface area contributed by atoms with Gasteiger partial charge in [-0.1, -0.05) is 24.6 Å². The van der Waals surface area contributed by atoms with Gasteiger partial charge < -0.3 is 4.79 Å². The maximum Gasteiger partial charge on any atom is 0.297 e. The van der Waals surface area contributed by atoms with E-state index in [9.17, 15) is 13.2 Å². The molecule has 0 aliphatic carbocycles. The van der Waals surface area contributed by atoms with Crippen molar-refractivity contribution in [1.29, 1.82) is 0 Å². The predicted octanol–water partition coefficient (Wildman–Crippen LogP) is 1.68. The minimum Gasteiger partial charge on any atom is -0.300 e. The molecule has 88 valence electrons. The molecule has 1 aromatic carbocycles. The van der Waals surface area contributed by atoms with E-state index in [4.69, 9.17) is 4.18 Å². The van der Waals surface area contributed by atoms with Crippen molar-refractivity contribution >= 4 is 16.4 Å². The van der Waals surface area contributed by atoms with Gasteiger partial charge in [0.15, 0.2) is 0 Å². The summed E-state index contributed by atoms with van der Waals surface area (Å²) in [6.45, 7) is 3.54. The van der Waals surface area contributed by atoms with E-state index < -0.39 is 16.2 Å². The van der Waals surface area contributed by atoms with Crippen LogP contribution < -0.4 is 0 Å². The second kappa shape index (κ2) is 5.23. The molecule has 0 aliphatic heterocycles. The highest BCUT2D eigenvalue weighted by atomic mass is 32.2. The summed E-state index contributed by atoms with van der Waals surface area (Å²) in [6, 6.07) is 6.28. The van der Waals surface area contributed by atoms with Crippen molar-refractivity contribution in [2.75, 3.05) is 0 Å². The second-order valence-corrected chi connectivity index (χ2v) is 5.02. The highest BCUT2D eigenvalue weighted by Crippen LogP contribution is 2.15. The van der Waals surface area contributed by atoms with Crippen molar-refractivity contribution < 1.29 is 17.4 Å². The van der Waals surface area contributed by atoms with Crippen LogP contribution in [-0.2, 0) is 19.1 Å². The van der Waals surface area contributed by atoms with Gasteiger partial charge in [0.1, 0.15) is 12.4 Å². The molecule has 0 amide bonds. The lowest BCUT2D eigenvalue weighted by Gasteiger charge is -2.09. The van der Waals surface area contributed by atoms with Crippen LogP contribution in [0.5, 0.6) is 0 Å². The average molecular weight is 242 g/mol. The number of aryl methyl sites for hydroxylation is 1. The van der Waals surface area contributed by atoms with Gasteiger partial charge in [-0.2, -0.15) is 8.42 Å². The first-order valence-corrected chi connectivity index (χ1v) is 6.35. The van der Waals surface area contributed by atoms with E-state index in [0.717, 1.165) is 5.56 Å². The molecular weight excluding hydrogens is 228 g/mol. The Balaban J connectivity index is 2.94. The topological polar surface area (TPSA) is 60.4 Å². The first-order chi connectivity index (χ1) is 7.49. The zero-order valence-corrected chi connectivity index (χ0v) is 10.0. The molecule has 0 radical (unpaired) electrons. The molecule has 1 atom stereocenters. The van der Waals surface area contributed by atoms with Crippen LogP contribution in [0, 0.1) is 6.92 Å². The van der Waals surface area contributed by atoms with Crippen molar-refractivity contribution in [3.8, 4) is 0 Å². The third kappa shape index (κ3) is 3.15. The number of carbonyl (C=O) groups excluding carboxylic acids is 1. The van der Waals surface area contributed by atoms with Gasteiger partial charge in [0, 0.05) is 0 Å². The molecule has 0 spiro atoms. The molecule has 16 heavy (non-hydrogen) atoms. The van der Waals surface area contributed by atoms with Gasteiger partial charge in [0.25, 0.3) is 10.1 Å². The van der Waals surface area contributed by atoms with Crippen LogP contribution in [0.15, 0.2) is 29.2 Å². The van der Waals surface area contributed by atoms with Crippen molar-refractivity contribution in [3.05, 3.63) is 29.8 Å². The molecule has 0 bridgehead atoms. The Kier molecular flexibility index (Phi) is 4.20. The van der Waals surface area contributed by atoms with Crippen LogP contribution in [0.1, 0.15) is 18.9 Å². The van der Waals surface area contributed by atoms with E-state index >= 15 is 0 Å². The van der Waals surface area contributed by atoms with Crippen LogP contribution in [-0.4, -0.2) is 20.8 Å². The van der Waals surface area contributed by atoms with E-state index in [-0.39, 0.29) is 4.90 Å². The Hall–Kier alpha value is -1.20. The predicted molar refractivity (Wildman–Crippen MR) is 59.6 cm³/mol. The van der Waals surface area contributed by atoms with Gasteiger partial charge >= 0.3 is 0 Å². The molecular formula is C11H14O4S. The van der Waals surface area contributed by atoms with Crippen LogP contribution in [0.25, 0.3) is 0 Å².